The van der Waals surface area contributed by atoms with Gasteiger partial charge in [0, 0.05) is 24.0 Å². The number of alkyl halides is 3. The first kappa shape index (κ1) is 34.0. The van der Waals surface area contributed by atoms with E-state index < -0.39 is 48.5 Å². The van der Waals surface area contributed by atoms with Gasteiger partial charge in [-0.15, -0.1) is 0 Å². The van der Waals surface area contributed by atoms with Crippen molar-refractivity contribution in [3.8, 4) is 17.2 Å². The van der Waals surface area contributed by atoms with Crippen LogP contribution in [0.4, 0.5) is 18.9 Å². The Morgan fingerprint density at radius 2 is 1.49 bits per heavy atom. The van der Waals surface area contributed by atoms with Gasteiger partial charge in [0.1, 0.15) is 23.8 Å². The lowest BCUT2D eigenvalue weighted by Crippen LogP contribution is -2.35. The number of methoxy groups -OCH3 is 2. The molecule has 2 N–H and O–H groups in total. The quantitative estimate of drug-likeness (QED) is 0.155. The van der Waals surface area contributed by atoms with Crippen molar-refractivity contribution in [1.29, 1.82) is 0 Å². The highest BCUT2D eigenvalue weighted by atomic mass is 19.4. The van der Waals surface area contributed by atoms with Crippen molar-refractivity contribution in [3.05, 3.63) is 113 Å². The fourth-order valence-electron chi connectivity index (χ4n) is 4.41. The first-order valence-corrected chi connectivity index (χ1v) is 13.8. The molecule has 0 saturated carbocycles. The molecule has 1 heterocycles. The fraction of sp³-hybridized carbons (Fsp3) is 0.182. The molecule has 0 fully saturated rings. The highest BCUT2D eigenvalue weighted by Gasteiger charge is 2.34. The summed E-state index contributed by atoms with van der Waals surface area (Å²) in [6.07, 6.45) is -2.50. The van der Waals surface area contributed by atoms with Gasteiger partial charge in [0.15, 0.2) is 0 Å². The van der Waals surface area contributed by atoms with Crippen molar-refractivity contribution < 1.29 is 51.7 Å². The fourth-order valence-corrected chi connectivity index (χ4v) is 4.41. The predicted molar refractivity (Wildman–Crippen MR) is 161 cm³/mol. The molecule has 1 aromatic heterocycles. The number of carbonyl (C=O) groups is 4. The number of hydrogen-bond donors (Lipinski definition) is 2. The lowest BCUT2D eigenvalue weighted by atomic mass is 10.0. The SMILES string of the molecule is COc1cncc(C(=O)Oc2ccc(CN(CC(=O)O)C(=O)c3ccc(NC(=O)Cc4ccc(OC)cc4C(F)(F)F)cc3)cc2)c1. The number of carboxylic acid groups (broad SMARTS) is 1. The first-order chi connectivity index (χ1) is 22.4. The Kier molecular flexibility index (Phi) is 10.8. The van der Waals surface area contributed by atoms with Crippen LogP contribution >= 0.6 is 0 Å². The molecule has 0 spiro atoms. The number of hydrogen-bond acceptors (Lipinski definition) is 8. The average molecular weight is 652 g/mol. The summed E-state index contributed by atoms with van der Waals surface area (Å²) in [5.41, 5.74) is -0.196. The second kappa shape index (κ2) is 14.9. The van der Waals surface area contributed by atoms with Crippen molar-refractivity contribution in [2.24, 2.45) is 0 Å². The van der Waals surface area contributed by atoms with Crippen molar-refractivity contribution in [2.45, 2.75) is 19.1 Å². The Labute approximate surface area is 266 Å². The minimum atomic E-state index is -4.70. The summed E-state index contributed by atoms with van der Waals surface area (Å²) in [7, 11) is 2.67. The van der Waals surface area contributed by atoms with E-state index in [0.717, 1.165) is 11.0 Å². The molecule has 244 valence electrons. The molecule has 14 heteroatoms. The van der Waals surface area contributed by atoms with E-state index in [1.165, 1.54) is 81.2 Å². The van der Waals surface area contributed by atoms with Gasteiger partial charge in [-0.2, -0.15) is 13.2 Å². The number of rotatable bonds is 12. The molecule has 11 nitrogen and oxygen atoms in total. The van der Waals surface area contributed by atoms with E-state index in [4.69, 9.17) is 14.2 Å². The number of anilines is 1. The molecule has 2 amide bonds. The number of pyridine rings is 1. The standard InChI is InChI=1S/C33H28F3N3O8/c1-45-26-12-7-22(28(15-26)33(34,35)36)14-29(40)38-24-8-5-21(6-9-24)31(43)39(19-30(41)42)18-20-3-10-25(11-4-20)47-32(44)23-13-27(46-2)17-37-16-23/h3-13,15-17H,14,18-19H2,1-2H3,(H,38,40)(H,41,42). The summed E-state index contributed by atoms with van der Waals surface area (Å²) in [5, 5.41) is 11.9. The van der Waals surface area contributed by atoms with E-state index >= 15 is 0 Å². The molecule has 0 saturated heterocycles. The normalized spacial score (nSPS) is 10.9. The smallest absolute Gasteiger partial charge is 0.416 e. The van der Waals surface area contributed by atoms with Crippen LogP contribution in [0.3, 0.4) is 0 Å². The second-order valence-corrected chi connectivity index (χ2v) is 10.0. The molecule has 0 radical (unpaired) electrons. The molecule has 3 aromatic carbocycles. The maximum Gasteiger partial charge on any atom is 0.416 e. The molecule has 47 heavy (non-hydrogen) atoms. The third kappa shape index (κ3) is 9.29. The van der Waals surface area contributed by atoms with Gasteiger partial charge in [0.05, 0.1) is 38.0 Å². The van der Waals surface area contributed by atoms with E-state index in [2.05, 4.69) is 10.3 Å². The number of carbonyl (C=O) groups excluding carboxylic acids is 3. The molecule has 0 bridgehead atoms. The van der Waals surface area contributed by atoms with Crippen molar-refractivity contribution >= 4 is 29.4 Å². The number of amides is 2. The zero-order valence-corrected chi connectivity index (χ0v) is 25.0. The largest absolute Gasteiger partial charge is 0.497 e. The highest BCUT2D eigenvalue weighted by molar-refractivity contribution is 5.97. The number of ether oxygens (including phenoxy) is 3. The number of nitrogens with zero attached hydrogens (tertiary/aromatic N) is 2. The molecule has 0 aliphatic heterocycles. The van der Waals surface area contributed by atoms with Gasteiger partial charge in [0.2, 0.25) is 5.91 Å². The van der Waals surface area contributed by atoms with Crippen LogP contribution in [0.15, 0.2) is 85.2 Å². The molecule has 0 aliphatic rings. The van der Waals surface area contributed by atoms with Gasteiger partial charge < -0.3 is 29.5 Å². The topological polar surface area (TPSA) is 144 Å². The summed E-state index contributed by atoms with van der Waals surface area (Å²) in [4.78, 5) is 54.8. The second-order valence-electron chi connectivity index (χ2n) is 10.0. The summed E-state index contributed by atoms with van der Waals surface area (Å²) in [5.74, 6) is -2.68. The summed E-state index contributed by atoms with van der Waals surface area (Å²) < 4.78 is 55.8. The van der Waals surface area contributed by atoms with E-state index in [9.17, 15) is 37.5 Å². The molecule has 0 atom stereocenters. The molecular formula is C33H28F3N3O8. The van der Waals surface area contributed by atoms with Gasteiger partial charge in [-0.1, -0.05) is 18.2 Å². The lowest BCUT2D eigenvalue weighted by Gasteiger charge is -2.21. The van der Waals surface area contributed by atoms with Crippen LogP contribution in [0, 0.1) is 0 Å². The number of halogens is 3. The van der Waals surface area contributed by atoms with Gasteiger partial charge in [-0.25, -0.2) is 4.79 Å². The maximum absolute atomic E-state index is 13.5. The average Bonchev–Trinajstić information content (AvgIpc) is 3.04. The first-order valence-electron chi connectivity index (χ1n) is 13.8. The number of benzene rings is 3. The summed E-state index contributed by atoms with van der Waals surface area (Å²) >= 11 is 0. The van der Waals surface area contributed by atoms with E-state index in [1.807, 2.05) is 0 Å². The van der Waals surface area contributed by atoms with Crippen LogP contribution in [-0.4, -0.2) is 59.5 Å². The Morgan fingerprint density at radius 3 is 2.11 bits per heavy atom. The van der Waals surface area contributed by atoms with Crippen LogP contribution < -0.4 is 19.5 Å². The molecule has 4 rings (SSSR count). The Balaban J connectivity index is 1.40. The maximum atomic E-state index is 13.5. The monoisotopic (exact) mass is 651 g/mol. The Morgan fingerprint density at radius 1 is 0.830 bits per heavy atom. The van der Waals surface area contributed by atoms with Crippen LogP contribution in [-0.2, 0) is 28.7 Å². The lowest BCUT2D eigenvalue weighted by molar-refractivity contribution is -0.139. The summed E-state index contributed by atoms with van der Waals surface area (Å²) in [6.45, 7) is -0.721. The van der Waals surface area contributed by atoms with Crippen molar-refractivity contribution in [3.63, 3.8) is 0 Å². The minimum absolute atomic E-state index is 0.000313. The van der Waals surface area contributed by atoms with Crippen LogP contribution in [0.5, 0.6) is 17.2 Å². The van der Waals surface area contributed by atoms with Gasteiger partial charge in [0.25, 0.3) is 5.91 Å². The highest BCUT2D eigenvalue weighted by Crippen LogP contribution is 2.34. The van der Waals surface area contributed by atoms with E-state index in [0.29, 0.717) is 11.3 Å². The third-order valence-corrected chi connectivity index (χ3v) is 6.69. The zero-order valence-electron chi connectivity index (χ0n) is 25.0. The molecular weight excluding hydrogens is 623 g/mol. The van der Waals surface area contributed by atoms with Crippen LogP contribution in [0.1, 0.15) is 37.4 Å². The number of aliphatic carboxylic acids is 1. The Hall–Kier alpha value is -5.92. The predicted octanol–water partition coefficient (Wildman–Crippen LogP) is 5.25. The molecule has 0 aliphatic carbocycles. The number of esters is 1. The minimum Gasteiger partial charge on any atom is -0.497 e. The van der Waals surface area contributed by atoms with Crippen molar-refractivity contribution in [1.82, 2.24) is 9.88 Å². The number of nitrogens with one attached hydrogen (secondary N) is 1. The third-order valence-electron chi connectivity index (χ3n) is 6.69. The number of carboxylic acids is 1. The molecule has 0 unspecified atom stereocenters. The van der Waals surface area contributed by atoms with E-state index in [-0.39, 0.29) is 40.4 Å². The van der Waals surface area contributed by atoms with Crippen LogP contribution in [0.25, 0.3) is 0 Å². The zero-order chi connectivity index (χ0) is 34.1. The van der Waals surface area contributed by atoms with Crippen LogP contribution in [0.2, 0.25) is 0 Å². The molecule has 4 aromatic rings. The van der Waals surface area contributed by atoms with Crippen molar-refractivity contribution in [2.75, 3.05) is 26.1 Å². The summed E-state index contributed by atoms with van der Waals surface area (Å²) in [6, 6.07) is 16.4. The number of aromatic nitrogens is 1. The Bertz CT molecular complexity index is 1760. The van der Waals surface area contributed by atoms with Gasteiger partial charge in [-0.05, 0) is 65.7 Å². The van der Waals surface area contributed by atoms with E-state index in [1.54, 1.807) is 12.1 Å². The van der Waals surface area contributed by atoms with Gasteiger partial charge >= 0.3 is 18.1 Å². The van der Waals surface area contributed by atoms with Gasteiger partial charge in [-0.3, -0.25) is 19.4 Å².